The molecule has 0 aliphatic carbocycles. The number of nitrogens with one attached hydrogen (secondary N) is 2. The molecule has 26 heavy (non-hydrogen) atoms. The van der Waals surface area contributed by atoms with Gasteiger partial charge in [-0.3, -0.25) is 10.1 Å². The Hall–Kier alpha value is -2.28. The van der Waals surface area contributed by atoms with Gasteiger partial charge in [0, 0.05) is 18.2 Å². The van der Waals surface area contributed by atoms with Gasteiger partial charge in [0.2, 0.25) is 0 Å². The summed E-state index contributed by atoms with van der Waals surface area (Å²) in [5, 5.41) is 3.89. The molecule has 0 bridgehead atoms. The summed E-state index contributed by atoms with van der Waals surface area (Å²) in [5.74, 6) is -0.214. The second-order valence-corrected chi connectivity index (χ2v) is 7.77. The van der Waals surface area contributed by atoms with Crippen molar-refractivity contribution < 1.29 is 9.69 Å². The molecule has 1 aliphatic heterocycles. The van der Waals surface area contributed by atoms with E-state index in [0.717, 1.165) is 31.7 Å². The molecule has 7 heteroatoms. The van der Waals surface area contributed by atoms with E-state index in [2.05, 4.69) is 39.6 Å². The number of amides is 1. The summed E-state index contributed by atoms with van der Waals surface area (Å²) in [7, 11) is 0. The zero-order valence-corrected chi connectivity index (χ0v) is 15.6. The van der Waals surface area contributed by atoms with E-state index in [1.54, 1.807) is 23.5 Å². The number of benzene rings is 1. The third-order valence-electron chi connectivity index (χ3n) is 4.41. The normalized spacial score (nSPS) is 16.1. The van der Waals surface area contributed by atoms with Crippen molar-refractivity contribution in [3.8, 4) is 0 Å². The summed E-state index contributed by atoms with van der Waals surface area (Å²) in [4.78, 5) is 23.6. The molecule has 3 aromatic rings. The Morgan fingerprint density at radius 1 is 1.23 bits per heavy atom. The third-order valence-corrected chi connectivity index (χ3v) is 5.65. The topological polar surface area (TPSA) is 59.3 Å². The number of aromatic nitrogens is 2. The van der Waals surface area contributed by atoms with E-state index in [1.165, 1.54) is 21.5 Å². The van der Waals surface area contributed by atoms with Gasteiger partial charge in [-0.1, -0.05) is 53.3 Å². The number of quaternary nitrogens is 1. The summed E-state index contributed by atoms with van der Waals surface area (Å²) < 4.78 is 0. The van der Waals surface area contributed by atoms with Crippen molar-refractivity contribution in [1.82, 2.24) is 9.97 Å². The highest BCUT2D eigenvalue weighted by molar-refractivity contribution is 7.15. The molecule has 3 heterocycles. The Balaban J connectivity index is 1.42. The maximum atomic E-state index is 12.3. The van der Waals surface area contributed by atoms with Crippen molar-refractivity contribution in [3.63, 3.8) is 0 Å². The number of pyridine rings is 1. The minimum Gasteiger partial charge on any atom is -0.326 e. The van der Waals surface area contributed by atoms with Crippen LogP contribution in [0.2, 0.25) is 5.15 Å². The lowest BCUT2D eigenvalue weighted by Gasteiger charge is -2.22. The molecule has 0 saturated heterocycles. The van der Waals surface area contributed by atoms with Crippen molar-refractivity contribution in [2.45, 2.75) is 19.5 Å². The predicted octanol–water partition coefficient (Wildman–Crippen LogP) is 2.59. The summed E-state index contributed by atoms with van der Waals surface area (Å²) in [6, 6.07) is 13.8. The minimum absolute atomic E-state index is 0.214. The number of nitrogens with zero attached hydrogens (tertiary/aromatic N) is 2. The minimum atomic E-state index is -0.214. The van der Waals surface area contributed by atoms with Crippen LogP contribution in [0.4, 0.5) is 5.13 Å². The highest BCUT2D eigenvalue weighted by Crippen LogP contribution is 2.25. The maximum Gasteiger partial charge on any atom is 0.259 e. The van der Waals surface area contributed by atoms with Gasteiger partial charge in [-0.05, 0) is 12.1 Å². The summed E-state index contributed by atoms with van der Waals surface area (Å²) >= 11 is 7.33. The smallest absolute Gasteiger partial charge is 0.259 e. The third kappa shape index (κ3) is 3.93. The van der Waals surface area contributed by atoms with Crippen molar-refractivity contribution in [2.24, 2.45) is 0 Å². The highest BCUT2D eigenvalue weighted by atomic mass is 35.5. The number of carbonyl (C=O) groups excluding carboxylic acids is 1. The van der Waals surface area contributed by atoms with Crippen LogP contribution >= 0.6 is 22.9 Å². The van der Waals surface area contributed by atoms with Gasteiger partial charge >= 0.3 is 0 Å². The van der Waals surface area contributed by atoms with Crippen LogP contribution in [0.5, 0.6) is 0 Å². The Morgan fingerprint density at radius 2 is 2.08 bits per heavy atom. The molecule has 1 aromatic carbocycles. The fraction of sp³-hybridized carbons (Fsp3) is 0.211. The second-order valence-electron chi connectivity index (χ2n) is 6.30. The van der Waals surface area contributed by atoms with E-state index in [1.807, 2.05) is 6.07 Å². The zero-order valence-electron chi connectivity index (χ0n) is 14.0. The fourth-order valence-corrected chi connectivity index (χ4v) is 4.28. The SMILES string of the molecule is O=C(Nc1nc2c(s1)C[NH+](Cc1ccccc1)CC2)c1ccc(Cl)nc1. The first-order valence-electron chi connectivity index (χ1n) is 8.46. The van der Waals surface area contributed by atoms with E-state index in [0.29, 0.717) is 15.8 Å². The van der Waals surface area contributed by atoms with Crippen LogP contribution in [-0.2, 0) is 19.5 Å². The molecule has 0 saturated carbocycles. The quantitative estimate of drug-likeness (QED) is 0.679. The second kappa shape index (κ2) is 7.53. The Kier molecular flexibility index (Phi) is 4.97. The zero-order chi connectivity index (χ0) is 17.9. The molecule has 1 amide bonds. The lowest BCUT2D eigenvalue weighted by atomic mass is 10.1. The van der Waals surface area contributed by atoms with Crippen LogP contribution in [-0.4, -0.2) is 22.4 Å². The van der Waals surface area contributed by atoms with Crippen LogP contribution in [0.25, 0.3) is 0 Å². The molecule has 0 fully saturated rings. The number of rotatable bonds is 4. The first-order valence-corrected chi connectivity index (χ1v) is 9.66. The van der Waals surface area contributed by atoms with Crippen LogP contribution in [0.1, 0.15) is 26.5 Å². The molecule has 0 spiro atoms. The molecule has 0 radical (unpaired) electrons. The number of halogens is 1. The number of hydrogen-bond acceptors (Lipinski definition) is 4. The monoisotopic (exact) mass is 385 g/mol. The lowest BCUT2D eigenvalue weighted by molar-refractivity contribution is -0.929. The molecule has 132 valence electrons. The average Bonchev–Trinajstić information content (AvgIpc) is 3.04. The summed E-state index contributed by atoms with van der Waals surface area (Å²) in [6.45, 7) is 3.01. The predicted molar refractivity (Wildman–Crippen MR) is 103 cm³/mol. The van der Waals surface area contributed by atoms with Gasteiger partial charge in [-0.15, -0.1) is 0 Å². The maximum absolute atomic E-state index is 12.3. The number of thiazole rings is 1. The Morgan fingerprint density at radius 3 is 2.85 bits per heavy atom. The van der Waals surface area contributed by atoms with Crippen LogP contribution < -0.4 is 10.2 Å². The van der Waals surface area contributed by atoms with E-state index >= 15 is 0 Å². The molecule has 2 N–H and O–H groups in total. The van der Waals surface area contributed by atoms with E-state index in [9.17, 15) is 4.79 Å². The Labute approximate surface area is 160 Å². The first-order chi connectivity index (χ1) is 12.7. The van der Waals surface area contributed by atoms with Crippen LogP contribution in [0.15, 0.2) is 48.7 Å². The van der Waals surface area contributed by atoms with Gasteiger partial charge in [0.05, 0.1) is 22.7 Å². The van der Waals surface area contributed by atoms with Gasteiger partial charge in [0.15, 0.2) is 5.13 Å². The number of anilines is 1. The molecular weight excluding hydrogens is 368 g/mol. The standard InChI is InChI=1S/C19H17ClN4OS/c20-17-7-6-14(10-21-17)18(25)23-19-22-15-8-9-24(12-16(15)26-19)11-13-4-2-1-3-5-13/h1-7,10H,8-9,11-12H2,(H,22,23,25)/p+1. The molecule has 1 unspecified atom stereocenters. The van der Waals surface area contributed by atoms with E-state index in [-0.39, 0.29) is 5.91 Å². The number of hydrogen-bond donors (Lipinski definition) is 2. The van der Waals surface area contributed by atoms with Gasteiger partial charge < -0.3 is 4.90 Å². The van der Waals surface area contributed by atoms with Gasteiger partial charge in [0.25, 0.3) is 5.91 Å². The average molecular weight is 386 g/mol. The van der Waals surface area contributed by atoms with Crippen molar-refractivity contribution in [1.29, 1.82) is 0 Å². The van der Waals surface area contributed by atoms with Gasteiger partial charge in [-0.25, -0.2) is 9.97 Å². The van der Waals surface area contributed by atoms with Crippen LogP contribution in [0, 0.1) is 0 Å². The van der Waals surface area contributed by atoms with E-state index < -0.39 is 0 Å². The first kappa shape index (κ1) is 17.1. The number of fused-ring (bicyclic) bond motifs is 1. The highest BCUT2D eigenvalue weighted by Gasteiger charge is 2.24. The molecule has 2 aromatic heterocycles. The van der Waals surface area contributed by atoms with Crippen molar-refractivity contribution in [3.05, 3.63) is 75.5 Å². The molecule has 1 atom stereocenters. The molecular formula is C19H18ClN4OS+. The molecule has 4 rings (SSSR count). The fourth-order valence-electron chi connectivity index (χ4n) is 3.10. The van der Waals surface area contributed by atoms with Crippen molar-refractivity contribution >= 4 is 34.0 Å². The molecule has 5 nitrogen and oxygen atoms in total. The van der Waals surface area contributed by atoms with Crippen molar-refractivity contribution in [2.75, 3.05) is 11.9 Å². The summed E-state index contributed by atoms with van der Waals surface area (Å²) in [5.41, 5.74) is 2.93. The van der Waals surface area contributed by atoms with Gasteiger partial charge in [0.1, 0.15) is 18.2 Å². The largest absolute Gasteiger partial charge is 0.326 e. The number of carbonyl (C=O) groups is 1. The molecule has 1 aliphatic rings. The lowest BCUT2D eigenvalue weighted by Crippen LogP contribution is -3.10. The Bertz CT molecular complexity index is 911. The van der Waals surface area contributed by atoms with Crippen LogP contribution in [0.3, 0.4) is 0 Å². The summed E-state index contributed by atoms with van der Waals surface area (Å²) in [6.07, 6.45) is 2.41. The van der Waals surface area contributed by atoms with Gasteiger partial charge in [-0.2, -0.15) is 0 Å². The van der Waals surface area contributed by atoms with E-state index in [4.69, 9.17) is 11.6 Å².